The van der Waals surface area contributed by atoms with Crippen molar-refractivity contribution in [2.75, 3.05) is 13.7 Å². The van der Waals surface area contributed by atoms with Gasteiger partial charge in [-0.15, -0.1) is 0 Å². The molecule has 0 bridgehead atoms. The second-order valence-corrected chi connectivity index (χ2v) is 5.30. The van der Waals surface area contributed by atoms with Crippen LogP contribution in [-0.2, 0) is 9.53 Å². The van der Waals surface area contributed by atoms with Crippen LogP contribution in [0.2, 0.25) is 0 Å². The number of hydrogen-bond acceptors (Lipinski definition) is 2. The van der Waals surface area contributed by atoms with E-state index >= 15 is 0 Å². The average Bonchev–Trinajstić information content (AvgIpc) is 2.18. The molecule has 1 fully saturated rings. The molecular weight excluding hydrogens is 188 g/mol. The summed E-state index contributed by atoms with van der Waals surface area (Å²) in [6.07, 6.45) is 6.43. The van der Waals surface area contributed by atoms with Crippen LogP contribution in [0.5, 0.6) is 0 Å². The molecule has 2 nitrogen and oxygen atoms in total. The van der Waals surface area contributed by atoms with Gasteiger partial charge in [0, 0.05) is 13.5 Å². The fourth-order valence-corrected chi connectivity index (χ4v) is 2.60. The zero-order chi connectivity index (χ0) is 11.3. The summed E-state index contributed by atoms with van der Waals surface area (Å²) in [6.45, 7) is 4.85. The van der Waals surface area contributed by atoms with Crippen molar-refractivity contribution < 1.29 is 9.53 Å². The lowest BCUT2D eigenvalue weighted by Crippen LogP contribution is -2.38. The average molecular weight is 212 g/mol. The van der Waals surface area contributed by atoms with E-state index in [1.165, 1.54) is 19.3 Å². The molecular formula is C13H24O2. The van der Waals surface area contributed by atoms with Gasteiger partial charge in [-0.2, -0.15) is 0 Å². The first-order valence-electron chi connectivity index (χ1n) is 6.13. The molecule has 0 saturated heterocycles. The summed E-state index contributed by atoms with van der Waals surface area (Å²) in [5.41, 5.74) is -0.142. The van der Waals surface area contributed by atoms with E-state index in [0.29, 0.717) is 24.7 Å². The minimum Gasteiger partial charge on any atom is -0.384 e. The third-order valence-corrected chi connectivity index (χ3v) is 3.42. The smallest absolute Gasteiger partial charge is 0.141 e. The molecule has 0 aliphatic heterocycles. The summed E-state index contributed by atoms with van der Waals surface area (Å²) in [6, 6.07) is 0. The Balaban J connectivity index is 2.66. The van der Waals surface area contributed by atoms with Crippen molar-refractivity contribution in [3.8, 4) is 0 Å². The fraction of sp³-hybridized carbons (Fsp3) is 0.923. The molecule has 0 spiro atoms. The topological polar surface area (TPSA) is 26.3 Å². The van der Waals surface area contributed by atoms with E-state index in [9.17, 15) is 4.79 Å². The summed E-state index contributed by atoms with van der Waals surface area (Å²) in [4.78, 5) is 12.2. The molecule has 2 heteroatoms. The van der Waals surface area contributed by atoms with Crippen LogP contribution in [0.4, 0.5) is 0 Å². The van der Waals surface area contributed by atoms with Gasteiger partial charge in [0.1, 0.15) is 5.78 Å². The summed E-state index contributed by atoms with van der Waals surface area (Å²) in [7, 11) is 1.71. The number of rotatable bonds is 5. The third kappa shape index (κ3) is 3.30. The van der Waals surface area contributed by atoms with Gasteiger partial charge in [-0.05, 0) is 18.8 Å². The van der Waals surface area contributed by atoms with Crippen LogP contribution in [0, 0.1) is 11.3 Å². The van der Waals surface area contributed by atoms with E-state index in [0.717, 1.165) is 12.8 Å². The Morgan fingerprint density at radius 2 is 1.87 bits per heavy atom. The molecule has 1 aliphatic carbocycles. The van der Waals surface area contributed by atoms with Gasteiger partial charge < -0.3 is 4.74 Å². The summed E-state index contributed by atoms with van der Waals surface area (Å²) >= 11 is 0. The number of carbonyl (C=O) groups excluding carboxylic acids is 1. The predicted octanol–water partition coefficient (Wildman–Crippen LogP) is 3.20. The molecule has 1 saturated carbocycles. The zero-order valence-corrected chi connectivity index (χ0v) is 10.3. The molecule has 0 N–H and O–H groups in total. The molecule has 1 aliphatic rings. The second kappa shape index (κ2) is 5.64. The lowest BCUT2D eigenvalue weighted by molar-refractivity contribution is -0.135. The molecule has 15 heavy (non-hydrogen) atoms. The molecule has 0 aromatic heterocycles. The number of ether oxygens (including phenoxy) is 1. The molecule has 0 radical (unpaired) electrons. The van der Waals surface area contributed by atoms with Crippen molar-refractivity contribution >= 4 is 5.78 Å². The van der Waals surface area contributed by atoms with E-state index in [1.54, 1.807) is 7.11 Å². The number of methoxy groups -OCH3 is 1. The van der Waals surface area contributed by atoms with Crippen molar-refractivity contribution in [3.63, 3.8) is 0 Å². The van der Waals surface area contributed by atoms with Gasteiger partial charge in [-0.25, -0.2) is 0 Å². The van der Waals surface area contributed by atoms with Crippen LogP contribution in [0.3, 0.4) is 0 Å². The van der Waals surface area contributed by atoms with Gasteiger partial charge in [0.25, 0.3) is 0 Å². The van der Waals surface area contributed by atoms with Gasteiger partial charge in [0.05, 0.1) is 12.0 Å². The van der Waals surface area contributed by atoms with Crippen molar-refractivity contribution in [3.05, 3.63) is 0 Å². The maximum Gasteiger partial charge on any atom is 0.141 e. The zero-order valence-electron chi connectivity index (χ0n) is 10.3. The number of hydrogen-bond donors (Lipinski definition) is 0. The quantitative estimate of drug-likeness (QED) is 0.699. The van der Waals surface area contributed by atoms with Gasteiger partial charge in [0.15, 0.2) is 0 Å². The Hall–Kier alpha value is -0.370. The molecule has 0 amide bonds. The first kappa shape index (κ1) is 12.7. The SMILES string of the molecule is COCC1(C(=O)CC(C)C)CCCCC1. The van der Waals surface area contributed by atoms with Crippen LogP contribution in [-0.4, -0.2) is 19.5 Å². The van der Waals surface area contributed by atoms with Gasteiger partial charge >= 0.3 is 0 Å². The Labute approximate surface area is 93.4 Å². The fourth-order valence-electron chi connectivity index (χ4n) is 2.60. The maximum atomic E-state index is 12.2. The number of ketones is 1. The number of carbonyl (C=O) groups is 1. The summed E-state index contributed by atoms with van der Waals surface area (Å²) in [5, 5.41) is 0. The minimum absolute atomic E-state index is 0.142. The molecule has 0 unspecified atom stereocenters. The van der Waals surface area contributed by atoms with Gasteiger partial charge in [-0.3, -0.25) is 4.79 Å². The van der Waals surface area contributed by atoms with Crippen LogP contribution >= 0.6 is 0 Å². The normalized spacial score (nSPS) is 20.5. The monoisotopic (exact) mass is 212 g/mol. The van der Waals surface area contributed by atoms with Crippen molar-refractivity contribution in [2.24, 2.45) is 11.3 Å². The standard InChI is InChI=1S/C13H24O2/c1-11(2)9-12(14)13(10-15-3)7-5-4-6-8-13/h11H,4-10H2,1-3H3. The Bertz CT molecular complexity index is 197. The lowest BCUT2D eigenvalue weighted by Gasteiger charge is -2.35. The van der Waals surface area contributed by atoms with Crippen LogP contribution < -0.4 is 0 Å². The molecule has 0 atom stereocenters. The van der Waals surface area contributed by atoms with Gasteiger partial charge in [0.2, 0.25) is 0 Å². The van der Waals surface area contributed by atoms with Gasteiger partial charge in [-0.1, -0.05) is 33.1 Å². The Morgan fingerprint density at radius 1 is 1.27 bits per heavy atom. The van der Waals surface area contributed by atoms with E-state index in [4.69, 9.17) is 4.74 Å². The Morgan fingerprint density at radius 3 is 2.33 bits per heavy atom. The summed E-state index contributed by atoms with van der Waals surface area (Å²) < 4.78 is 5.27. The first-order valence-corrected chi connectivity index (χ1v) is 6.13. The van der Waals surface area contributed by atoms with E-state index in [1.807, 2.05) is 0 Å². The van der Waals surface area contributed by atoms with Crippen LogP contribution in [0.25, 0.3) is 0 Å². The molecule has 88 valence electrons. The number of Topliss-reactive ketones (excluding diaryl/α,β-unsaturated/α-hetero) is 1. The highest BCUT2D eigenvalue weighted by Crippen LogP contribution is 2.38. The highest BCUT2D eigenvalue weighted by atomic mass is 16.5. The first-order chi connectivity index (χ1) is 7.10. The highest BCUT2D eigenvalue weighted by Gasteiger charge is 2.38. The van der Waals surface area contributed by atoms with Crippen molar-refractivity contribution in [1.82, 2.24) is 0 Å². The van der Waals surface area contributed by atoms with E-state index < -0.39 is 0 Å². The lowest BCUT2D eigenvalue weighted by atomic mass is 9.70. The minimum atomic E-state index is -0.142. The van der Waals surface area contributed by atoms with Crippen molar-refractivity contribution in [1.29, 1.82) is 0 Å². The highest BCUT2D eigenvalue weighted by molar-refractivity contribution is 5.85. The van der Waals surface area contributed by atoms with Crippen LogP contribution in [0.15, 0.2) is 0 Å². The molecule has 1 rings (SSSR count). The molecule has 0 aromatic rings. The second-order valence-electron chi connectivity index (χ2n) is 5.30. The molecule has 0 aromatic carbocycles. The van der Waals surface area contributed by atoms with Crippen LogP contribution in [0.1, 0.15) is 52.4 Å². The van der Waals surface area contributed by atoms with E-state index in [2.05, 4.69) is 13.8 Å². The third-order valence-electron chi connectivity index (χ3n) is 3.42. The predicted molar refractivity (Wildman–Crippen MR) is 61.9 cm³/mol. The largest absolute Gasteiger partial charge is 0.384 e. The summed E-state index contributed by atoms with van der Waals surface area (Å²) in [5.74, 6) is 0.896. The van der Waals surface area contributed by atoms with E-state index in [-0.39, 0.29) is 5.41 Å². The van der Waals surface area contributed by atoms with Crippen molar-refractivity contribution in [2.45, 2.75) is 52.4 Å². The Kier molecular flexibility index (Phi) is 4.78. The molecule has 0 heterocycles. The maximum absolute atomic E-state index is 12.2.